The lowest BCUT2D eigenvalue weighted by atomic mass is 9.80. The van der Waals surface area contributed by atoms with Gasteiger partial charge in [-0.15, -0.1) is 5.10 Å². The summed E-state index contributed by atoms with van der Waals surface area (Å²) in [5, 5.41) is 26.1. The van der Waals surface area contributed by atoms with E-state index in [2.05, 4.69) is 20.7 Å². The van der Waals surface area contributed by atoms with Crippen molar-refractivity contribution in [2.45, 2.75) is 31.2 Å². The predicted molar refractivity (Wildman–Crippen MR) is 103 cm³/mol. The predicted octanol–water partition coefficient (Wildman–Crippen LogP) is 4.32. The monoisotopic (exact) mass is 465 g/mol. The van der Waals surface area contributed by atoms with E-state index in [4.69, 9.17) is 4.52 Å². The standard InChI is InChI=1S/C21H16F5N5O2/c1-12(19-9-18(28-33-19)13-2-4-14(5-3-13)21(24,25)26)20(32,10-31-11-27-29-30-31)16-7-6-15(22)8-17(16)23/h2-9,11-12,32H,10H2,1H3/t12-,20+/m0/s1. The van der Waals surface area contributed by atoms with Crippen LogP contribution in [0.3, 0.4) is 0 Å². The van der Waals surface area contributed by atoms with Crippen molar-refractivity contribution in [1.29, 1.82) is 0 Å². The average molecular weight is 465 g/mol. The van der Waals surface area contributed by atoms with Crippen molar-refractivity contribution < 1.29 is 31.6 Å². The molecule has 33 heavy (non-hydrogen) atoms. The summed E-state index contributed by atoms with van der Waals surface area (Å²) in [6.45, 7) is 1.23. The third-order valence-corrected chi connectivity index (χ3v) is 5.37. The third kappa shape index (κ3) is 4.46. The number of aromatic nitrogens is 5. The lowest BCUT2D eigenvalue weighted by Crippen LogP contribution is -2.38. The molecule has 0 saturated carbocycles. The normalized spacial score (nSPS) is 14.8. The molecule has 0 spiro atoms. The second-order valence-corrected chi connectivity index (χ2v) is 7.47. The molecule has 0 bridgehead atoms. The Balaban J connectivity index is 1.70. The first-order chi connectivity index (χ1) is 15.6. The highest BCUT2D eigenvalue weighted by atomic mass is 19.4. The van der Waals surface area contributed by atoms with Crippen molar-refractivity contribution in [3.8, 4) is 11.3 Å². The molecule has 0 aliphatic heterocycles. The molecule has 0 aliphatic rings. The Hall–Kier alpha value is -3.67. The van der Waals surface area contributed by atoms with Gasteiger partial charge in [-0.05, 0) is 28.6 Å². The number of benzene rings is 2. The molecule has 0 amide bonds. The van der Waals surface area contributed by atoms with E-state index in [-0.39, 0.29) is 23.6 Å². The second-order valence-electron chi connectivity index (χ2n) is 7.47. The summed E-state index contributed by atoms with van der Waals surface area (Å²) < 4.78 is 73.1. The van der Waals surface area contributed by atoms with Crippen LogP contribution in [0.1, 0.15) is 29.7 Å². The van der Waals surface area contributed by atoms with Gasteiger partial charge in [-0.1, -0.05) is 30.3 Å². The van der Waals surface area contributed by atoms with Gasteiger partial charge in [0, 0.05) is 23.3 Å². The summed E-state index contributed by atoms with van der Waals surface area (Å²) in [5.74, 6) is -2.64. The Labute approximate surface area is 183 Å². The fraction of sp³-hybridized carbons (Fsp3) is 0.238. The molecule has 2 heterocycles. The third-order valence-electron chi connectivity index (χ3n) is 5.37. The number of hydrogen-bond donors (Lipinski definition) is 1. The maximum absolute atomic E-state index is 14.7. The van der Waals surface area contributed by atoms with Gasteiger partial charge < -0.3 is 9.63 Å². The van der Waals surface area contributed by atoms with E-state index < -0.39 is 34.9 Å². The van der Waals surface area contributed by atoms with Gasteiger partial charge in [0.1, 0.15) is 35.0 Å². The van der Waals surface area contributed by atoms with Crippen LogP contribution in [0.25, 0.3) is 11.3 Å². The average Bonchev–Trinajstić information content (AvgIpc) is 3.44. The van der Waals surface area contributed by atoms with Crippen LogP contribution in [0.4, 0.5) is 22.0 Å². The molecule has 172 valence electrons. The minimum atomic E-state index is -4.48. The first kappa shape index (κ1) is 22.5. The van der Waals surface area contributed by atoms with Gasteiger partial charge in [0.2, 0.25) is 0 Å². The largest absolute Gasteiger partial charge is 0.416 e. The van der Waals surface area contributed by atoms with Crippen LogP contribution in [-0.4, -0.2) is 30.5 Å². The van der Waals surface area contributed by atoms with E-state index in [1.165, 1.54) is 36.1 Å². The van der Waals surface area contributed by atoms with Crippen LogP contribution in [0.5, 0.6) is 0 Å². The summed E-state index contributed by atoms with van der Waals surface area (Å²) in [5.41, 5.74) is -2.47. The molecule has 4 aromatic rings. The fourth-order valence-corrected chi connectivity index (χ4v) is 3.49. The summed E-state index contributed by atoms with van der Waals surface area (Å²) >= 11 is 0. The smallest absolute Gasteiger partial charge is 0.382 e. The van der Waals surface area contributed by atoms with E-state index in [0.29, 0.717) is 11.6 Å². The van der Waals surface area contributed by atoms with Gasteiger partial charge >= 0.3 is 6.18 Å². The van der Waals surface area contributed by atoms with Gasteiger partial charge in [-0.3, -0.25) is 0 Å². The van der Waals surface area contributed by atoms with Gasteiger partial charge in [-0.25, -0.2) is 13.5 Å². The number of rotatable bonds is 6. The Kier molecular flexibility index (Phi) is 5.70. The van der Waals surface area contributed by atoms with Crippen LogP contribution < -0.4 is 0 Å². The van der Waals surface area contributed by atoms with Gasteiger partial charge in [0.15, 0.2) is 0 Å². The number of halogens is 5. The van der Waals surface area contributed by atoms with E-state index in [9.17, 15) is 27.1 Å². The SMILES string of the molecule is C[C@@H](c1cc(-c2ccc(C(F)(F)F)cc2)no1)[C@](O)(Cn1cnnn1)c1ccc(F)cc1F. The molecule has 4 rings (SSSR count). The Morgan fingerprint density at radius 3 is 2.39 bits per heavy atom. The molecular formula is C21H16F5N5O2. The lowest BCUT2D eigenvalue weighted by molar-refractivity contribution is -0.137. The van der Waals surface area contributed by atoms with E-state index in [0.717, 1.165) is 24.3 Å². The van der Waals surface area contributed by atoms with Gasteiger partial charge in [0.05, 0.1) is 18.0 Å². The van der Waals surface area contributed by atoms with Crippen LogP contribution >= 0.6 is 0 Å². The summed E-state index contributed by atoms with van der Waals surface area (Å²) in [6, 6.07) is 8.48. The Morgan fingerprint density at radius 1 is 1.06 bits per heavy atom. The second kappa shape index (κ2) is 8.35. The van der Waals surface area contributed by atoms with E-state index in [1.54, 1.807) is 0 Å². The number of nitrogens with zero attached hydrogens (tertiary/aromatic N) is 5. The van der Waals surface area contributed by atoms with E-state index >= 15 is 0 Å². The highest BCUT2D eigenvalue weighted by molar-refractivity contribution is 5.59. The molecule has 2 aromatic heterocycles. The lowest BCUT2D eigenvalue weighted by Gasteiger charge is -2.33. The van der Waals surface area contributed by atoms with Crippen LogP contribution in [0.15, 0.2) is 59.4 Å². The Bertz CT molecular complexity index is 1240. The van der Waals surface area contributed by atoms with Crippen molar-refractivity contribution in [1.82, 2.24) is 25.4 Å². The zero-order valence-corrected chi connectivity index (χ0v) is 17.0. The summed E-state index contributed by atoms with van der Waals surface area (Å²) in [4.78, 5) is 0. The molecule has 0 unspecified atom stereocenters. The molecule has 0 saturated heterocycles. The van der Waals surface area contributed by atoms with Crippen LogP contribution in [0.2, 0.25) is 0 Å². The molecular weight excluding hydrogens is 449 g/mol. The quantitative estimate of drug-likeness (QED) is 0.427. The molecule has 7 nitrogen and oxygen atoms in total. The van der Waals surface area contributed by atoms with Crippen molar-refractivity contribution >= 4 is 0 Å². The molecule has 0 aliphatic carbocycles. The summed E-state index contributed by atoms with van der Waals surface area (Å²) in [6.07, 6.45) is -3.26. The minimum absolute atomic E-state index is 0.115. The molecule has 1 N–H and O–H groups in total. The molecule has 0 fully saturated rings. The molecule has 2 aromatic carbocycles. The number of alkyl halides is 3. The van der Waals surface area contributed by atoms with Crippen molar-refractivity contribution in [3.63, 3.8) is 0 Å². The van der Waals surface area contributed by atoms with Crippen molar-refractivity contribution in [3.05, 3.63) is 83.4 Å². The minimum Gasteiger partial charge on any atom is -0.382 e. The maximum Gasteiger partial charge on any atom is 0.416 e. The maximum atomic E-state index is 14.7. The first-order valence-corrected chi connectivity index (χ1v) is 9.61. The number of hydrogen-bond acceptors (Lipinski definition) is 6. The molecule has 2 atom stereocenters. The molecule has 0 radical (unpaired) electrons. The molecule has 12 heteroatoms. The highest BCUT2D eigenvalue weighted by Gasteiger charge is 2.42. The number of tetrazole rings is 1. The zero-order chi connectivity index (χ0) is 23.8. The topological polar surface area (TPSA) is 89.9 Å². The zero-order valence-electron chi connectivity index (χ0n) is 17.0. The number of aliphatic hydroxyl groups is 1. The van der Waals surface area contributed by atoms with Crippen molar-refractivity contribution in [2.24, 2.45) is 0 Å². The highest BCUT2D eigenvalue weighted by Crippen LogP contribution is 2.40. The van der Waals surface area contributed by atoms with Gasteiger partial charge in [-0.2, -0.15) is 13.2 Å². The first-order valence-electron chi connectivity index (χ1n) is 9.61. The fourth-order valence-electron chi connectivity index (χ4n) is 3.49. The summed E-state index contributed by atoms with van der Waals surface area (Å²) in [7, 11) is 0. The van der Waals surface area contributed by atoms with Crippen molar-refractivity contribution in [2.75, 3.05) is 0 Å². The van der Waals surface area contributed by atoms with Crippen LogP contribution in [0, 0.1) is 11.6 Å². The van der Waals surface area contributed by atoms with E-state index in [1.807, 2.05) is 0 Å². The Morgan fingerprint density at radius 2 is 1.79 bits per heavy atom. The van der Waals surface area contributed by atoms with Crippen LogP contribution in [-0.2, 0) is 18.3 Å². The van der Waals surface area contributed by atoms with Gasteiger partial charge in [0.25, 0.3) is 0 Å².